The van der Waals surface area contributed by atoms with Crippen LogP contribution in [0.1, 0.15) is 19.8 Å². The summed E-state index contributed by atoms with van der Waals surface area (Å²) in [6.45, 7) is 2.32. The standard InChI is InChI=1S/C24H27N3O6S2/c1-3-33-22(28)16-27-20-8-4-5-9-21(20)34-24(27)25-23(29)17-7-6-14-26(15-17)35(30,31)19-12-10-18(32-2)11-13-19/h4-5,8-13,17H,3,6-7,14-16H2,1-2H3. The van der Waals surface area contributed by atoms with E-state index in [9.17, 15) is 18.0 Å². The monoisotopic (exact) mass is 517 g/mol. The molecule has 9 nitrogen and oxygen atoms in total. The molecule has 1 fully saturated rings. The van der Waals surface area contributed by atoms with Crippen molar-refractivity contribution in [2.45, 2.75) is 31.2 Å². The van der Waals surface area contributed by atoms with Crippen molar-refractivity contribution in [3.8, 4) is 5.75 Å². The fraction of sp³-hybridized carbons (Fsp3) is 0.375. The SMILES string of the molecule is CCOC(=O)Cn1c(=NC(=O)C2CCCN(S(=O)(=O)c3ccc(OC)cc3)C2)sc2ccccc21. The van der Waals surface area contributed by atoms with Gasteiger partial charge in [0.1, 0.15) is 12.3 Å². The zero-order chi connectivity index (χ0) is 25.0. The number of esters is 1. The number of hydrogen-bond donors (Lipinski definition) is 0. The van der Waals surface area contributed by atoms with E-state index in [1.54, 1.807) is 23.6 Å². The summed E-state index contributed by atoms with van der Waals surface area (Å²) in [5.41, 5.74) is 0.782. The van der Waals surface area contributed by atoms with Crippen molar-refractivity contribution in [1.82, 2.24) is 8.87 Å². The molecule has 2 aromatic carbocycles. The van der Waals surface area contributed by atoms with Gasteiger partial charge in [0.05, 0.1) is 34.7 Å². The summed E-state index contributed by atoms with van der Waals surface area (Å²) >= 11 is 1.31. The Bertz CT molecular complexity index is 1390. The number of rotatable bonds is 7. The fourth-order valence-corrected chi connectivity index (χ4v) is 6.60. The Labute approximate surface area is 207 Å². The summed E-state index contributed by atoms with van der Waals surface area (Å²) in [6, 6.07) is 13.7. The first kappa shape index (κ1) is 25.1. The molecule has 0 aliphatic carbocycles. The normalized spacial score (nSPS) is 17.4. The number of fused-ring (bicyclic) bond motifs is 1. The molecule has 1 aliphatic heterocycles. The molecule has 1 saturated heterocycles. The van der Waals surface area contributed by atoms with E-state index in [-0.39, 0.29) is 24.6 Å². The van der Waals surface area contributed by atoms with Gasteiger partial charge in [-0.1, -0.05) is 23.5 Å². The second kappa shape index (κ2) is 10.7. The summed E-state index contributed by atoms with van der Waals surface area (Å²) in [6.07, 6.45) is 1.09. The molecular formula is C24H27N3O6S2. The van der Waals surface area contributed by atoms with Crippen LogP contribution in [0.3, 0.4) is 0 Å². The van der Waals surface area contributed by atoms with Crippen LogP contribution in [0.2, 0.25) is 0 Å². The van der Waals surface area contributed by atoms with Crippen LogP contribution in [-0.4, -0.2) is 56.0 Å². The van der Waals surface area contributed by atoms with Crippen molar-refractivity contribution < 1.29 is 27.5 Å². The van der Waals surface area contributed by atoms with Crippen LogP contribution in [0.4, 0.5) is 0 Å². The van der Waals surface area contributed by atoms with Gasteiger partial charge in [-0.25, -0.2) is 8.42 Å². The number of para-hydroxylation sites is 1. The lowest BCUT2D eigenvalue weighted by Gasteiger charge is -2.30. The molecule has 1 atom stereocenters. The van der Waals surface area contributed by atoms with Crippen LogP contribution in [0.5, 0.6) is 5.75 Å². The molecule has 0 spiro atoms. The number of methoxy groups -OCH3 is 1. The first-order chi connectivity index (χ1) is 16.8. The Morgan fingerprint density at radius 2 is 1.89 bits per heavy atom. The predicted molar refractivity (Wildman–Crippen MR) is 131 cm³/mol. The van der Waals surface area contributed by atoms with Crippen LogP contribution in [0.15, 0.2) is 58.4 Å². The van der Waals surface area contributed by atoms with E-state index in [0.717, 1.165) is 10.2 Å². The highest BCUT2D eigenvalue weighted by Crippen LogP contribution is 2.26. The number of carbonyl (C=O) groups excluding carboxylic acids is 2. The first-order valence-corrected chi connectivity index (χ1v) is 13.6. The van der Waals surface area contributed by atoms with Crippen molar-refractivity contribution in [3.63, 3.8) is 0 Å². The Morgan fingerprint density at radius 1 is 1.14 bits per heavy atom. The summed E-state index contributed by atoms with van der Waals surface area (Å²) < 4.78 is 40.4. The second-order valence-corrected chi connectivity index (χ2v) is 11.0. The third-order valence-corrected chi connectivity index (χ3v) is 8.76. The van der Waals surface area contributed by atoms with Crippen LogP contribution in [-0.2, 0) is 30.9 Å². The largest absolute Gasteiger partial charge is 0.497 e. The van der Waals surface area contributed by atoms with Gasteiger partial charge in [0.25, 0.3) is 5.91 Å². The van der Waals surface area contributed by atoms with E-state index in [2.05, 4.69) is 4.99 Å². The van der Waals surface area contributed by atoms with Crippen molar-refractivity contribution in [1.29, 1.82) is 0 Å². The molecule has 0 bridgehead atoms. The van der Waals surface area contributed by atoms with E-state index in [4.69, 9.17) is 9.47 Å². The molecule has 186 valence electrons. The molecule has 0 saturated carbocycles. The second-order valence-electron chi connectivity index (χ2n) is 8.07. The number of ether oxygens (including phenoxy) is 2. The van der Waals surface area contributed by atoms with Crippen molar-refractivity contribution in [2.24, 2.45) is 10.9 Å². The number of amides is 1. The highest BCUT2D eigenvalue weighted by molar-refractivity contribution is 7.89. The van der Waals surface area contributed by atoms with Crippen molar-refractivity contribution in [3.05, 3.63) is 53.3 Å². The molecule has 0 radical (unpaired) electrons. The molecular weight excluding hydrogens is 490 g/mol. The number of benzene rings is 2. The zero-order valence-corrected chi connectivity index (χ0v) is 21.2. The van der Waals surface area contributed by atoms with Gasteiger partial charge in [-0.15, -0.1) is 0 Å². The fourth-order valence-electron chi connectivity index (χ4n) is 4.04. The van der Waals surface area contributed by atoms with Gasteiger partial charge in [0.15, 0.2) is 4.80 Å². The summed E-state index contributed by atoms with van der Waals surface area (Å²) in [7, 11) is -2.24. The summed E-state index contributed by atoms with van der Waals surface area (Å²) in [5, 5.41) is 0. The predicted octanol–water partition coefficient (Wildman–Crippen LogP) is 2.80. The molecule has 4 rings (SSSR count). The van der Waals surface area contributed by atoms with E-state index >= 15 is 0 Å². The summed E-state index contributed by atoms with van der Waals surface area (Å²) in [5.74, 6) is -0.824. The van der Waals surface area contributed by atoms with Gasteiger partial charge in [0.2, 0.25) is 10.0 Å². The molecule has 35 heavy (non-hydrogen) atoms. The molecule has 11 heteroatoms. The van der Waals surface area contributed by atoms with E-state index < -0.39 is 27.8 Å². The van der Waals surface area contributed by atoms with E-state index in [0.29, 0.717) is 29.9 Å². The number of aromatic nitrogens is 1. The Kier molecular flexibility index (Phi) is 7.68. The summed E-state index contributed by atoms with van der Waals surface area (Å²) in [4.78, 5) is 30.2. The molecule has 1 amide bonds. The minimum Gasteiger partial charge on any atom is -0.497 e. The highest BCUT2D eigenvalue weighted by Gasteiger charge is 2.33. The molecule has 1 unspecified atom stereocenters. The lowest BCUT2D eigenvalue weighted by Crippen LogP contribution is -2.42. The minimum absolute atomic E-state index is 0.0550. The number of piperidine rings is 1. The lowest BCUT2D eigenvalue weighted by atomic mass is 9.99. The third-order valence-electron chi connectivity index (χ3n) is 5.82. The lowest BCUT2D eigenvalue weighted by molar-refractivity contribution is -0.143. The third kappa shape index (κ3) is 5.47. The maximum absolute atomic E-state index is 13.2. The Balaban J connectivity index is 1.60. The van der Waals surface area contributed by atoms with Crippen LogP contribution in [0.25, 0.3) is 10.2 Å². The zero-order valence-electron chi connectivity index (χ0n) is 19.5. The average Bonchev–Trinajstić information content (AvgIpc) is 3.20. The van der Waals surface area contributed by atoms with Crippen molar-refractivity contribution >= 4 is 43.5 Å². The van der Waals surface area contributed by atoms with Crippen LogP contribution >= 0.6 is 11.3 Å². The number of hydrogen-bond acceptors (Lipinski definition) is 7. The van der Waals surface area contributed by atoms with Gasteiger partial charge < -0.3 is 14.0 Å². The van der Waals surface area contributed by atoms with Gasteiger partial charge in [-0.2, -0.15) is 9.30 Å². The molecule has 1 aliphatic rings. The molecule has 1 aromatic heterocycles. The van der Waals surface area contributed by atoms with Gasteiger partial charge >= 0.3 is 5.97 Å². The van der Waals surface area contributed by atoms with Gasteiger partial charge in [0, 0.05) is 13.1 Å². The van der Waals surface area contributed by atoms with Crippen molar-refractivity contribution in [2.75, 3.05) is 26.8 Å². The number of carbonyl (C=O) groups is 2. The molecule has 0 N–H and O–H groups in total. The molecule has 2 heterocycles. The first-order valence-electron chi connectivity index (χ1n) is 11.3. The van der Waals surface area contributed by atoms with E-state index in [1.807, 2.05) is 24.3 Å². The Hall–Kier alpha value is -3.02. The van der Waals surface area contributed by atoms with Gasteiger partial charge in [-0.3, -0.25) is 9.59 Å². The Morgan fingerprint density at radius 3 is 2.60 bits per heavy atom. The number of nitrogens with zero attached hydrogens (tertiary/aromatic N) is 3. The molecule has 3 aromatic rings. The smallest absolute Gasteiger partial charge is 0.326 e. The highest BCUT2D eigenvalue weighted by atomic mass is 32.2. The van der Waals surface area contributed by atoms with Crippen LogP contribution in [0, 0.1) is 5.92 Å². The maximum atomic E-state index is 13.2. The average molecular weight is 518 g/mol. The minimum atomic E-state index is -3.76. The number of thiazole rings is 1. The van der Waals surface area contributed by atoms with Crippen LogP contribution < -0.4 is 9.54 Å². The van der Waals surface area contributed by atoms with E-state index in [1.165, 1.54) is 34.9 Å². The quantitative estimate of drug-likeness (QED) is 0.446. The maximum Gasteiger partial charge on any atom is 0.326 e. The topological polar surface area (TPSA) is 107 Å². The van der Waals surface area contributed by atoms with Gasteiger partial charge in [-0.05, 0) is 56.2 Å². The number of sulfonamides is 1.